The normalized spacial score (nSPS) is 24.4. The third kappa shape index (κ3) is 4.07. The molecule has 2 heterocycles. The van der Waals surface area contributed by atoms with Crippen molar-refractivity contribution in [2.24, 2.45) is 0 Å². The minimum absolute atomic E-state index is 0.333. The molecule has 0 atom stereocenters. The fraction of sp³-hybridized carbons (Fsp3) is 0.917. The third-order valence-electron chi connectivity index (χ3n) is 3.67. The highest BCUT2D eigenvalue weighted by molar-refractivity contribution is 5.76. The lowest BCUT2D eigenvalue weighted by Crippen LogP contribution is -2.55. The fourth-order valence-corrected chi connectivity index (χ4v) is 2.60. The molecule has 20 heavy (non-hydrogen) atoms. The van der Waals surface area contributed by atoms with Crippen LogP contribution in [0.4, 0.5) is 13.2 Å². The maximum atomic E-state index is 12.4. The summed E-state index contributed by atoms with van der Waals surface area (Å²) in [7, 11) is 0. The molecule has 0 spiro atoms. The minimum Gasteiger partial charge on any atom is -0.451 e. The number of nitrogens with one attached hydrogen (secondary N) is 1. The Labute approximate surface area is 115 Å². The molecule has 2 rings (SSSR count). The summed E-state index contributed by atoms with van der Waals surface area (Å²) in [6, 6.07) is 0. The molecular weight excluding hydrogens is 277 g/mol. The summed E-state index contributed by atoms with van der Waals surface area (Å²) in [6.45, 7) is 3.85. The van der Waals surface area contributed by atoms with Gasteiger partial charge >= 0.3 is 12.1 Å². The molecule has 0 aliphatic carbocycles. The van der Waals surface area contributed by atoms with Gasteiger partial charge in [-0.15, -0.1) is 0 Å². The van der Waals surface area contributed by atoms with Crippen molar-refractivity contribution >= 4 is 5.97 Å². The summed E-state index contributed by atoms with van der Waals surface area (Å²) < 4.78 is 47.4. The number of hydrogen-bond donors (Lipinski definition) is 1. The number of ether oxygens (including phenoxy) is 2. The first kappa shape index (κ1) is 15.5. The number of alkyl halides is 3. The summed E-state index contributed by atoms with van der Waals surface area (Å²) in [6.07, 6.45) is -4.15. The molecule has 2 aliphatic rings. The SMILES string of the molecule is O=C(OC1(CN2CCOCC2)CCNCC1)C(F)(F)F. The zero-order valence-corrected chi connectivity index (χ0v) is 11.2. The first-order valence-electron chi connectivity index (χ1n) is 6.72. The van der Waals surface area contributed by atoms with Crippen molar-refractivity contribution in [2.45, 2.75) is 24.6 Å². The van der Waals surface area contributed by atoms with Gasteiger partial charge in [0.05, 0.1) is 13.2 Å². The predicted molar refractivity (Wildman–Crippen MR) is 64.2 cm³/mol. The van der Waals surface area contributed by atoms with Gasteiger partial charge in [0.15, 0.2) is 0 Å². The quantitative estimate of drug-likeness (QED) is 0.771. The number of morpholine rings is 1. The number of carbonyl (C=O) groups is 1. The number of carbonyl (C=O) groups excluding carboxylic acids is 1. The van der Waals surface area contributed by atoms with Crippen LogP contribution in [0.25, 0.3) is 0 Å². The first-order valence-corrected chi connectivity index (χ1v) is 6.72. The van der Waals surface area contributed by atoms with E-state index < -0.39 is 17.7 Å². The Morgan fingerprint density at radius 1 is 1.25 bits per heavy atom. The van der Waals surface area contributed by atoms with Gasteiger partial charge in [0.2, 0.25) is 0 Å². The van der Waals surface area contributed by atoms with Crippen molar-refractivity contribution in [1.82, 2.24) is 10.2 Å². The molecular formula is C12H19F3N2O3. The van der Waals surface area contributed by atoms with Crippen LogP contribution in [0.5, 0.6) is 0 Å². The van der Waals surface area contributed by atoms with Crippen LogP contribution >= 0.6 is 0 Å². The van der Waals surface area contributed by atoms with E-state index in [2.05, 4.69) is 5.32 Å². The van der Waals surface area contributed by atoms with Gasteiger partial charge in [-0.1, -0.05) is 0 Å². The second-order valence-corrected chi connectivity index (χ2v) is 5.21. The maximum Gasteiger partial charge on any atom is 0.490 e. The van der Waals surface area contributed by atoms with Crippen LogP contribution in [0, 0.1) is 0 Å². The summed E-state index contributed by atoms with van der Waals surface area (Å²) in [5, 5.41) is 3.07. The molecule has 2 aliphatic heterocycles. The van der Waals surface area contributed by atoms with Crippen LogP contribution in [0.1, 0.15) is 12.8 Å². The Morgan fingerprint density at radius 3 is 2.40 bits per heavy atom. The minimum atomic E-state index is -4.94. The highest BCUT2D eigenvalue weighted by Crippen LogP contribution is 2.29. The van der Waals surface area contributed by atoms with Gasteiger partial charge in [0, 0.05) is 32.5 Å². The van der Waals surface area contributed by atoms with Gasteiger partial charge < -0.3 is 14.8 Å². The zero-order valence-electron chi connectivity index (χ0n) is 11.2. The van der Waals surface area contributed by atoms with E-state index >= 15 is 0 Å². The van der Waals surface area contributed by atoms with Crippen molar-refractivity contribution in [2.75, 3.05) is 45.9 Å². The molecule has 0 saturated carbocycles. The number of nitrogens with zero attached hydrogens (tertiary/aromatic N) is 1. The summed E-state index contributed by atoms with van der Waals surface area (Å²) >= 11 is 0. The van der Waals surface area contributed by atoms with Crippen LogP contribution in [-0.2, 0) is 14.3 Å². The van der Waals surface area contributed by atoms with Crippen molar-refractivity contribution in [3.05, 3.63) is 0 Å². The molecule has 2 saturated heterocycles. The molecule has 2 fully saturated rings. The van der Waals surface area contributed by atoms with Crippen molar-refractivity contribution in [3.8, 4) is 0 Å². The molecule has 0 radical (unpaired) electrons. The summed E-state index contributed by atoms with van der Waals surface area (Å²) in [5.74, 6) is -2.09. The largest absolute Gasteiger partial charge is 0.490 e. The van der Waals surface area contributed by atoms with Crippen molar-refractivity contribution in [3.63, 3.8) is 0 Å². The van der Waals surface area contributed by atoms with E-state index in [1.54, 1.807) is 0 Å². The van der Waals surface area contributed by atoms with E-state index in [0.717, 1.165) is 0 Å². The molecule has 5 nitrogen and oxygen atoms in total. The number of esters is 1. The van der Waals surface area contributed by atoms with Crippen LogP contribution < -0.4 is 5.32 Å². The molecule has 8 heteroatoms. The molecule has 0 aromatic rings. The lowest BCUT2D eigenvalue weighted by atomic mass is 9.91. The monoisotopic (exact) mass is 296 g/mol. The summed E-state index contributed by atoms with van der Waals surface area (Å²) in [5.41, 5.74) is -1.05. The highest BCUT2D eigenvalue weighted by atomic mass is 19.4. The van der Waals surface area contributed by atoms with Crippen LogP contribution in [-0.4, -0.2) is 68.6 Å². The number of halogens is 3. The van der Waals surface area contributed by atoms with E-state index in [-0.39, 0.29) is 0 Å². The van der Waals surface area contributed by atoms with Crippen LogP contribution in [0.3, 0.4) is 0 Å². The number of piperidine rings is 1. The van der Waals surface area contributed by atoms with Crippen LogP contribution in [0.15, 0.2) is 0 Å². The van der Waals surface area contributed by atoms with Gasteiger partial charge in [0.1, 0.15) is 5.60 Å². The van der Waals surface area contributed by atoms with E-state index in [4.69, 9.17) is 9.47 Å². The topological polar surface area (TPSA) is 50.8 Å². The Kier molecular flexibility index (Phi) is 4.87. The number of rotatable bonds is 3. The fourth-order valence-electron chi connectivity index (χ4n) is 2.60. The van der Waals surface area contributed by atoms with Gasteiger partial charge in [-0.3, -0.25) is 4.90 Å². The van der Waals surface area contributed by atoms with Crippen molar-refractivity contribution in [1.29, 1.82) is 0 Å². The Balaban J connectivity index is 2.02. The molecule has 0 aromatic carbocycles. The highest BCUT2D eigenvalue weighted by Gasteiger charge is 2.47. The Morgan fingerprint density at radius 2 is 1.85 bits per heavy atom. The Bertz CT molecular complexity index is 337. The average Bonchev–Trinajstić information content (AvgIpc) is 2.39. The smallest absolute Gasteiger partial charge is 0.451 e. The first-order chi connectivity index (χ1) is 9.41. The zero-order chi connectivity index (χ0) is 14.6. The lowest BCUT2D eigenvalue weighted by Gasteiger charge is -2.41. The molecule has 0 aromatic heterocycles. The van der Waals surface area contributed by atoms with E-state index in [9.17, 15) is 18.0 Å². The third-order valence-corrected chi connectivity index (χ3v) is 3.67. The van der Waals surface area contributed by atoms with Crippen LogP contribution in [0.2, 0.25) is 0 Å². The van der Waals surface area contributed by atoms with E-state index in [0.29, 0.717) is 58.8 Å². The predicted octanol–water partition coefficient (Wildman–Crippen LogP) is 0.546. The second-order valence-electron chi connectivity index (χ2n) is 5.21. The van der Waals surface area contributed by atoms with Gasteiger partial charge in [-0.25, -0.2) is 4.79 Å². The molecule has 0 unspecified atom stereocenters. The standard InChI is InChI=1S/C12H19F3N2O3/c13-12(14,15)10(18)20-11(1-3-16-4-2-11)9-17-5-7-19-8-6-17/h16H,1-9H2. The molecule has 116 valence electrons. The average molecular weight is 296 g/mol. The molecule has 1 N–H and O–H groups in total. The molecule has 0 amide bonds. The number of hydrogen-bond acceptors (Lipinski definition) is 5. The lowest BCUT2D eigenvalue weighted by molar-refractivity contribution is -0.218. The maximum absolute atomic E-state index is 12.4. The van der Waals surface area contributed by atoms with Gasteiger partial charge in [0.25, 0.3) is 0 Å². The van der Waals surface area contributed by atoms with E-state index in [1.807, 2.05) is 4.90 Å². The van der Waals surface area contributed by atoms with Crippen molar-refractivity contribution < 1.29 is 27.4 Å². The Hall–Kier alpha value is -0.860. The van der Waals surface area contributed by atoms with E-state index in [1.165, 1.54) is 0 Å². The van der Waals surface area contributed by atoms with Gasteiger partial charge in [-0.05, 0) is 13.1 Å². The van der Waals surface area contributed by atoms with Gasteiger partial charge in [-0.2, -0.15) is 13.2 Å². The summed E-state index contributed by atoms with van der Waals surface area (Å²) in [4.78, 5) is 13.2. The molecule has 0 bridgehead atoms. The second kappa shape index (κ2) is 6.28.